The van der Waals surface area contributed by atoms with Gasteiger partial charge in [-0.1, -0.05) is 17.7 Å². The van der Waals surface area contributed by atoms with Gasteiger partial charge in [0.15, 0.2) is 22.4 Å². The molecule has 198 valence electrons. The number of rotatable bonds is 6. The van der Waals surface area contributed by atoms with Crippen LogP contribution in [0.5, 0.6) is 0 Å². The maximum atomic E-state index is 13.9. The highest BCUT2D eigenvalue weighted by Gasteiger charge is 2.38. The van der Waals surface area contributed by atoms with Crippen molar-refractivity contribution < 1.29 is 27.9 Å². The van der Waals surface area contributed by atoms with Crippen LogP contribution < -0.4 is 5.32 Å². The van der Waals surface area contributed by atoms with Crippen LogP contribution in [0.3, 0.4) is 0 Å². The number of ether oxygens (including phenoxy) is 2. The van der Waals surface area contributed by atoms with Gasteiger partial charge in [0, 0.05) is 33.8 Å². The number of allylic oxidation sites excluding steroid dienone is 1. The second-order valence-corrected chi connectivity index (χ2v) is 10.2. The van der Waals surface area contributed by atoms with Crippen LogP contribution in [0.25, 0.3) is 0 Å². The molecule has 38 heavy (non-hydrogen) atoms. The Morgan fingerprint density at radius 2 is 1.87 bits per heavy atom. The highest BCUT2D eigenvalue weighted by molar-refractivity contribution is 7.11. The molecule has 3 aromatic rings. The summed E-state index contributed by atoms with van der Waals surface area (Å²) in [5.74, 6) is -0.604. The second-order valence-electron chi connectivity index (χ2n) is 8.94. The molecule has 1 aliphatic heterocycles. The van der Waals surface area contributed by atoms with Crippen LogP contribution in [0.4, 0.5) is 4.39 Å². The number of halogens is 2. The van der Waals surface area contributed by atoms with Crippen molar-refractivity contribution in [2.45, 2.75) is 37.6 Å². The summed E-state index contributed by atoms with van der Waals surface area (Å²) in [6, 6.07) is 3.23. The van der Waals surface area contributed by atoms with Gasteiger partial charge >= 0.3 is 11.9 Å². The predicted molar refractivity (Wildman–Crippen MR) is 138 cm³/mol. The molecule has 1 fully saturated rings. The maximum Gasteiger partial charge on any atom is 0.360 e. The van der Waals surface area contributed by atoms with Gasteiger partial charge in [-0.05, 0) is 43.7 Å². The molecular weight excluding hydrogens is 535 g/mol. The molecule has 0 radical (unpaired) electrons. The van der Waals surface area contributed by atoms with Gasteiger partial charge in [-0.15, -0.1) is 11.3 Å². The van der Waals surface area contributed by atoms with Gasteiger partial charge in [0.05, 0.1) is 19.8 Å². The fourth-order valence-electron chi connectivity index (χ4n) is 4.92. The summed E-state index contributed by atoms with van der Waals surface area (Å²) in [6.45, 7) is 0. The van der Waals surface area contributed by atoms with Crippen LogP contribution >= 0.6 is 22.9 Å². The lowest BCUT2D eigenvalue weighted by atomic mass is 9.78. The third kappa shape index (κ3) is 5.08. The molecule has 0 saturated heterocycles. The molecule has 2 aromatic heterocycles. The number of hydrogen-bond donors (Lipinski definition) is 1. The van der Waals surface area contributed by atoms with E-state index in [-0.39, 0.29) is 22.6 Å². The molecule has 12 heteroatoms. The largest absolute Gasteiger partial charge is 0.466 e. The molecule has 2 aliphatic rings. The minimum atomic E-state index is -0.808. The van der Waals surface area contributed by atoms with Gasteiger partial charge in [-0.3, -0.25) is 4.99 Å². The Morgan fingerprint density at radius 1 is 1.13 bits per heavy atom. The van der Waals surface area contributed by atoms with Crippen LogP contribution in [0.1, 0.15) is 64.6 Å². The number of aliphatic imine (C=N–C) groups is 1. The van der Waals surface area contributed by atoms with Gasteiger partial charge in [0.25, 0.3) is 0 Å². The van der Waals surface area contributed by atoms with E-state index in [1.54, 1.807) is 6.20 Å². The van der Waals surface area contributed by atoms with E-state index in [1.807, 2.05) is 5.38 Å². The number of methoxy groups -OCH3 is 2. The van der Waals surface area contributed by atoms with Crippen LogP contribution in [0, 0.1) is 11.7 Å². The Labute approximate surface area is 226 Å². The first-order chi connectivity index (χ1) is 18.4. The molecule has 9 nitrogen and oxygen atoms in total. The third-order valence-electron chi connectivity index (χ3n) is 6.77. The standard InChI is InChI=1S/C26H24ClFN4O5S/c1-35-25(33)18-12-37-23(30-18)14-5-3-13(4-6-14)20-19(26(34)36-2)21(16-8-7-15(28)11-17(16)27)32-22(31-20)24-29-9-10-38-24/h7-14,21H,3-6H2,1-2H3,(H,31,32)/t13-,14+,21?. The molecule has 0 bridgehead atoms. The third-order valence-corrected chi connectivity index (χ3v) is 7.88. The zero-order valence-electron chi connectivity index (χ0n) is 20.6. The van der Waals surface area contributed by atoms with Crippen molar-refractivity contribution in [1.29, 1.82) is 0 Å². The lowest BCUT2D eigenvalue weighted by Crippen LogP contribution is -2.37. The molecule has 1 aliphatic carbocycles. The van der Waals surface area contributed by atoms with E-state index < -0.39 is 23.8 Å². The van der Waals surface area contributed by atoms with Crippen LogP contribution in [0.15, 0.2) is 56.7 Å². The van der Waals surface area contributed by atoms with Crippen molar-refractivity contribution in [3.05, 3.63) is 80.3 Å². The van der Waals surface area contributed by atoms with Crippen molar-refractivity contribution in [3.8, 4) is 0 Å². The molecule has 1 atom stereocenters. The Kier molecular flexibility index (Phi) is 7.57. The first kappa shape index (κ1) is 26.1. The lowest BCUT2D eigenvalue weighted by Gasteiger charge is -2.34. The van der Waals surface area contributed by atoms with Crippen molar-refractivity contribution in [1.82, 2.24) is 15.3 Å². The number of hydrogen-bond acceptors (Lipinski definition) is 10. The molecule has 1 N–H and O–H groups in total. The van der Waals surface area contributed by atoms with Gasteiger partial charge in [-0.25, -0.2) is 23.9 Å². The average molecular weight is 559 g/mol. The molecule has 1 saturated carbocycles. The minimum Gasteiger partial charge on any atom is -0.466 e. The number of amidine groups is 1. The van der Waals surface area contributed by atoms with E-state index in [0.29, 0.717) is 46.4 Å². The second kappa shape index (κ2) is 11.0. The molecular formula is C26H24ClFN4O5S. The quantitative estimate of drug-likeness (QED) is 0.410. The Bertz CT molecular complexity index is 1410. The van der Waals surface area contributed by atoms with Crippen LogP contribution in [-0.4, -0.2) is 42.0 Å². The topological polar surface area (TPSA) is 116 Å². The fraction of sp³-hybridized carbons (Fsp3) is 0.346. The van der Waals surface area contributed by atoms with Crippen molar-refractivity contribution in [3.63, 3.8) is 0 Å². The maximum absolute atomic E-state index is 13.9. The van der Waals surface area contributed by atoms with Crippen molar-refractivity contribution >= 4 is 40.7 Å². The lowest BCUT2D eigenvalue weighted by molar-refractivity contribution is -0.136. The number of aromatic nitrogens is 2. The number of nitrogens with zero attached hydrogens (tertiary/aromatic N) is 3. The summed E-state index contributed by atoms with van der Waals surface area (Å²) in [5.41, 5.74) is 1.64. The van der Waals surface area contributed by atoms with Crippen LogP contribution in [-0.2, 0) is 14.3 Å². The van der Waals surface area contributed by atoms with Crippen molar-refractivity contribution in [2.75, 3.05) is 14.2 Å². The molecule has 0 spiro atoms. The van der Waals surface area contributed by atoms with E-state index in [1.165, 1.54) is 50.0 Å². The summed E-state index contributed by atoms with van der Waals surface area (Å²) in [5, 5.41) is 6.01. The number of carbonyl (C=O) groups excluding carboxylic acids is 2. The number of carbonyl (C=O) groups is 2. The molecule has 5 rings (SSSR count). The molecule has 3 heterocycles. The zero-order chi connectivity index (χ0) is 26.8. The molecule has 0 amide bonds. The van der Waals surface area contributed by atoms with E-state index >= 15 is 0 Å². The summed E-state index contributed by atoms with van der Waals surface area (Å²) in [7, 11) is 2.61. The Hall–Kier alpha value is -3.57. The first-order valence-corrected chi connectivity index (χ1v) is 13.2. The number of nitrogens with one attached hydrogen (secondary N) is 1. The van der Waals surface area contributed by atoms with E-state index in [0.717, 1.165) is 12.8 Å². The Balaban J connectivity index is 1.49. The fourth-order valence-corrected chi connectivity index (χ4v) is 5.78. The summed E-state index contributed by atoms with van der Waals surface area (Å²) in [4.78, 5) is 38.4. The normalized spacial score (nSPS) is 21.5. The number of benzene rings is 1. The van der Waals surface area contributed by atoms with E-state index in [2.05, 4.69) is 15.3 Å². The number of esters is 2. The molecule has 1 aromatic carbocycles. The highest BCUT2D eigenvalue weighted by Crippen LogP contribution is 2.43. The molecule has 1 unspecified atom stereocenters. The number of oxazole rings is 1. The highest BCUT2D eigenvalue weighted by atomic mass is 35.5. The summed E-state index contributed by atoms with van der Waals surface area (Å²) < 4.78 is 29.3. The summed E-state index contributed by atoms with van der Waals surface area (Å²) in [6.07, 6.45) is 5.83. The smallest absolute Gasteiger partial charge is 0.360 e. The van der Waals surface area contributed by atoms with Gasteiger partial charge < -0.3 is 19.2 Å². The van der Waals surface area contributed by atoms with Gasteiger partial charge in [0.2, 0.25) is 0 Å². The predicted octanol–water partition coefficient (Wildman–Crippen LogP) is 5.20. The van der Waals surface area contributed by atoms with Gasteiger partial charge in [-0.2, -0.15) is 0 Å². The van der Waals surface area contributed by atoms with E-state index in [9.17, 15) is 14.0 Å². The first-order valence-electron chi connectivity index (χ1n) is 11.9. The summed E-state index contributed by atoms with van der Waals surface area (Å²) >= 11 is 7.84. The Morgan fingerprint density at radius 3 is 2.53 bits per heavy atom. The SMILES string of the molecule is COC(=O)C1=C([C@H]2CC[C@@H](c3nc(C(=O)OC)co3)CC2)NC(c2nccs2)=NC1c1ccc(F)cc1Cl. The zero-order valence-corrected chi connectivity index (χ0v) is 22.1. The monoisotopic (exact) mass is 558 g/mol. The average Bonchev–Trinajstić information content (AvgIpc) is 3.65. The van der Waals surface area contributed by atoms with Crippen LogP contribution in [0.2, 0.25) is 5.02 Å². The van der Waals surface area contributed by atoms with Crippen molar-refractivity contribution in [2.24, 2.45) is 10.9 Å². The van der Waals surface area contributed by atoms with Gasteiger partial charge in [0.1, 0.15) is 18.1 Å². The van der Waals surface area contributed by atoms with E-state index in [4.69, 9.17) is 30.5 Å². The number of thiazole rings is 1. The minimum absolute atomic E-state index is 0.0184.